The van der Waals surface area contributed by atoms with E-state index in [1.807, 2.05) is 54.0 Å². The average Bonchev–Trinajstić information content (AvgIpc) is 3.46. The van der Waals surface area contributed by atoms with Gasteiger partial charge in [0.25, 0.3) is 0 Å². The zero-order chi connectivity index (χ0) is 30.0. The number of nitrogens with zero attached hydrogens (tertiary/aromatic N) is 5. The fraction of sp³-hybridized carbons (Fsp3) is 0.222. The number of anilines is 1. The number of rotatable bonds is 7. The standard InChI is InChI=1S/C36H34N6O2/c1-24-20-33-37-22-29-21-30(26-8-4-3-5-9-26)34(39-35(29)42(33)40-24)27-14-12-25(13-15-27)23-41-18-16-28(17-19-41)36(43)38-31-10-6-7-11-32(31)44-2/h3-15,20-22,28H,16-19,23H2,1-2H3,(H,38,43). The molecule has 1 aliphatic rings. The number of piperidine rings is 1. The first kappa shape index (κ1) is 27.7. The molecule has 3 aromatic carbocycles. The molecule has 0 bridgehead atoms. The highest BCUT2D eigenvalue weighted by Gasteiger charge is 2.25. The summed E-state index contributed by atoms with van der Waals surface area (Å²) in [6, 6.07) is 30.7. The van der Waals surface area contributed by atoms with Crippen molar-refractivity contribution in [1.82, 2.24) is 24.5 Å². The molecule has 1 N–H and O–H groups in total. The highest BCUT2D eigenvalue weighted by molar-refractivity contribution is 5.94. The largest absolute Gasteiger partial charge is 0.495 e. The Hall–Kier alpha value is -5.08. The van der Waals surface area contributed by atoms with Gasteiger partial charge in [-0.2, -0.15) is 9.61 Å². The molecular weight excluding hydrogens is 548 g/mol. The van der Waals surface area contributed by atoms with Gasteiger partial charge in [-0.3, -0.25) is 9.69 Å². The maximum Gasteiger partial charge on any atom is 0.227 e. The molecule has 0 saturated carbocycles. The number of ether oxygens (including phenoxy) is 1. The normalized spacial score (nSPS) is 14.2. The number of benzene rings is 3. The van der Waals surface area contributed by atoms with Gasteiger partial charge in [-0.15, -0.1) is 0 Å². The summed E-state index contributed by atoms with van der Waals surface area (Å²) in [5.74, 6) is 0.737. The lowest BCUT2D eigenvalue weighted by Gasteiger charge is -2.31. The lowest BCUT2D eigenvalue weighted by molar-refractivity contribution is -0.121. The zero-order valence-corrected chi connectivity index (χ0v) is 24.9. The summed E-state index contributed by atoms with van der Waals surface area (Å²) >= 11 is 0. The van der Waals surface area contributed by atoms with Crippen LogP contribution in [0.25, 0.3) is 39.1 Å². The highest BCUT2D eigenvalue weighted by Crippen LogP contribution is 2.34. The molecular formula is C36H34N6O2. The number of aryl methyl sites for hydroxylation is 1. The number of aromatic nitrogens is 4. The van der Waals surface area contributed by atoms with Gasteiger partial charge in [-0.05, 0) is 62.2 Å². The second-order valence-electron chi connectivity index (χ2n) is 11.4. The van der Waals surface area contributed by atoms with Crippen molar-refractivity contribution in [2.45, 2.75) is 26.3 Å². The molecule has 44 heavy (non-hydrogen) atoms. The van der Waals surface area contributed by atoms with Crippen molar-refractivity contribution in [3.8, 4) is 28.1 Å². The first-order valence-corrected chi connectivity index (χ1v) is 15.0. The van der Waals surface area contributed by atoms with E-state index in [9.17, 15) is 4.79 Å². The van der Waals surface area contributed by atoms with Gasteiger partial charge >= 0.3 is 0 Å². The predicted octanol–water partition coefficient (Wildman–Crippen LogP) is 6.78. The number of carbonyl (C=O) groups excluding carboxylic acids is 1. The minimum atomic E-state index is -0.00540. The van der Waals surface area contributed by atoms with Gasteiger partial charge in [-0.25, -0.2) is 9.97 Å². The van der Waals surface area contributed by atoms with Crippen molar-refractivity contribution in [2.24, 2.45) is 5.92 Å². The fourth-order valence-electron chi connectivity index (χ4n) is 6.07. The maximum absolute atomic E-state index is 13.0. The number of hydrogen-bond acceptors (Lipinski definition) is 6. The van der Waals surface area contributed by atoms with Gasteiger partial charge in [0.2, 0.25) is 5.91 Å². The molecule has 8 nitrogen and oxygen atoms in total. The third-order valence-electron chi connectivity index (χ3n) is 8.42. The van der Waals surface area contributed by atoms with Crippen LogP contribution in [-0.2, 0) is 11.3 Å². The Balaban J connectivity index is 1.08. The van der Waals surface area contributed by atoms with Gasteiger partial charge in [0.05, 0.1) is 24.2 Å². The Morgan fingerprint density at radius 1 is 0.932 bits per heavy atom. The Bertz CT molecular complexity index is 1940. The minimum absolute atomic E-state index is 0.00540. The Kier molecular flexibility index (Phi) is 7.50. The van der Waals surface area contributed by atoms with Crippen molar-refractivity contribution in [1.29, 1.82) is 0 Å². The van der Waals surface area contributed by atoms with Gasteiger partial charge in [-0.1, -0.05) is 66.7 Å². The second kappa shape index (κ2) is 11.9. The molecule has 220 valence electrons. The first-order valence-electron chi connectivity index (χ1n) is 15.0. The second-order valence-corrected chi connectivity index (χ2v) is 11.4. The summed E-state index contributed by atoms with van der Waals surface area (Å²) < 4.78 is 7.22. The maximum atomic E-state index is 13.0. The number of para-hydroxylation sites is 2. The first-order chi connectivity index (χ1) is 21.6. The van der Waals surface area contributed by atoms with Crippen molar-refractivity contribution < 1.29 is 9.53 Å². The number of likely N-dealkylation sites (tertiary alicyclic amines) is 1. The smallest absolute Gasteiger partial charge is 0.227 e. The molecule has 1 amide bonds. The van der Waals surface area contributed by atoms with E-state index in [0.717, 1.165) is 82.9 Å². The molecule has 1 saturated heterocycles. The predicted molar refractivity (Wildman–Crippen MR) is 174 cm³/mol. The molecule has 0 spiro atoms. The zero-order valence-electron chi connectivity index (χ0n) is 24.9. The summed E-state index contributed by atoms with van der Waals surface area (Å²) in [7, 11) is 1.62. The van der Waals surface area contributed by atoms with E-state index in [2.05, 4.69) is 74.9 Å². The molecule has 0 atom stereocenters. The molecule has 8 heteroatoms. The van der Waals surface area contributed by atoms with Crippen molar-refractivity contribution in [3.05, 3.63) is 108 Å². The molecule has 0 aliphatic carbocycles. The number of amides is 1. The summed E-state index contributed by atoms with van der Waals surface area (Å²) in [5, 5.41) is 8.66. The molecule has 4 heterocycles. The molecule has 0 unspecified atom stereocenters. The van der Waals surface area contributed by atoms with Crippen LogP contribution in [0.15, 0.2) is 97.2 Å². The Labute approximate surface area is 256 Å². The summed E-state index contributed by atoms with van der Waals surface area (Å²) in [6.07, 6.45) is 3.54. The number of nitrogens with one attached hydrogen (secondary N) is 1. The highest BCUT2D eigenvalue weighted by atomic mass is 16.5. The summed E-state index contributed by atoms with van der Waals surface area (Å²) in [4.78, 5) is 25.2. The molecule has 0 radical (unpaired) electrons. The number of methoxy groups -OCH3 is 1. The number of carbonyl (C=O) groups is 1. The van der Waals surface area contributed by atoms with Gasteiger partial charge in [0.1, 0.15) is 5.75 Å². The van der Waals surface area contributed by atoms with E-state index in [4.69, 9.17) is 9.72 Å². The minimum Gasteiger partial charge on any atom is -0.495 e. The van der Waals surface area contributed by atoms with Crippen molar-refractivity contribution >= 4 is 28.3 Å². The molecule has 6 aromatic rings. The Morgan fingerprint density at radius 2 is 1.68 bits per heavy atom. The van der Waals surface area contributed by atoms with E-state index in [-0.39, 0.29) is 11.8 Å². The SMILES string of the molecule is COc1ccccc1NC(=O)C1CCN(Cc2ccc(-c3nc4c(cnc5cc(C)nn54)cc3-c3ccccc3)cc2)CC1. The molecule has 7 rings (SSSR count). The number of hydrogen-bond donors (Lipinski definition) is 1. The van der Waals surface area contributed by atoms with Crippen LogP contribution in [0.3, 0.4) is 0 Å². The average molecular weight is 583 g/mol. The van der Waals surface area contributed by atoms with Crippen LogP contribution in [-0.4, -0.2) is 50.6 Å². The van der Waals surface area contributed by atoms with Crippen LogP contribution in [0.2, 0.25) is 0 Å². The Morgan fingerprint density at radius 3 is 2.45 bits per heavy atom. The van der Waals surface area contributed by atoms with Crippen LogP contribution in [0.5, 0.6) is 5.75 Å². The van der Waals surface area contributed by atoms with Gasteiger partial charge in [0, 0.05) is 41.2 Å². The summed E-state index contributed by atoms with van der Waals surface area (Å²) in [6.45, 7) is 4.57. The number of fused-ring (bicyclic) bond motifs is 3. The lowest BCUT2D eigenvalue weighted by Crippen LogP contribution is -2.37. The van der Waals surface area contributed by atoms with Crippen LogP contribution in [0, 0.1) is 12.8 Å². The van der Waals surface area contributed by atoms with Crippen molar-refractivity contribution in [3.63, 3.8) is 0 Å². The van der Waals surface area contributed by atoms with Crippen molar-refractivity contribution in [2.75, 3.05) is 25.5 Å². The van der Waals surface area contributed by atoms with Crippen LogP contribution in [0.1, 0.15) is 24.1 Å². The van der Waals surface area contributed by atoms with E-state index < -0.39 is 0 Å². The third kappa shape index (κ3) is 5.52. The monoisotopic (exact) mass is 582 g/mol. The number of pyridine rings is 1. The van der Waals surface area contributed by atoms with E-state index in [1.54, 1.807) is 7.11 Å². The van der Waals surface area contributed by atoms with Crippen LogP contribution >= 0.6 is 0 Å². The van der Waals surface area contributed by atoms with E-state index >= 15 is 0 Å². The van der Waals surface area contributed by atoms with E-state index in [0.29, 0.717) is 5.75 Å². The van der Waals surface area contributed by atoms with Crippen LogP contribution in [0.4, 0.5) is 5.69 Å². The fourth-order valence-corrected chi connectivity index (χ4v) is 6.07. The molecule has 1 fully saturated rings. The third-order valence-corrected chi connectivity index (χ3v) is 8.42. The molecule has 3 aromatic heterocycles. The molecule has 1 aliphatic heterocycles. The van der Waals surface area contributed by atoms with E-state index in [1.165, 1.54) is 5.56 Å². The summed E-state index contributed by atoms with van der Waals surface area (Å²) in [5.41, 5.74) is 8.58. The van der Waals surface area contributed by atoms with Crippen LogP contribution < -0.4 is 10.1 Å². The van der Waals surface area contributed by atoms with Gasteiger partial charge in [0.15, 0.2) is 11.3 Å². The topological polar surface area (TPSA) is 84.6 Å². The lowest BCUT2D eigenvalue weighted by atomic mass is 9.95. The van der Waals surface area contributed by atoms with Gasteiger partial charge < -0.3 is 10.1 Å². The quantitative estimate of drug-likeness (QED) is 0.223.